The van der Waals surface area contributed by atoms with E-state index in [1.165, 1.54) is 7.11 Å². The number of carbonyl (C=O) groups is 1. The molecule has 4 nitrogen and oxygen atoms in total. The van der Waals surface area contributed by atoms with Gasteiger partial charge in [-0.2, -0.15) is 0 Å². The molecular weight excluding hydrogens is 242 g/mol. The Balaban J connectivity index is 0.00000256. The molecule has 17 heavy (non-hydrogen) atoms. The van der Waals surface area contributed by atoms with E-state index in [1.54, 1.807) is 26.0 Å². The molecule has 0 unspecified atom stereocenters. The number of aromatic hydroxyl groups is 1. The number of hydrogen-bond donors (Lipinski definition) is 2. The normalized spacial score (nSPS) is 13.4. The summed E-state index contributed by atoms with van der Waals surface area (Å²) in [4.78, 5) is 11.4. The maximum Gasteiger partial charge on any atom is 0.325 e. The Morgan fingerprint density at radius 2 is 2.12 bits per heavy atom. The number of phenols is 1. The first-order chi connectivity index (χ1) is 7.36. The summed E-state index contributed by atoms with van der Waals surface area (Å²) in [6.45, 7) is 3.42. The van der Waals surface area contributed by atoms with Gasteiger partial charge in [0.25, 0.3) is 0 Å². The monoisotopic (exact) mass is 259 g/mol. The molecule has 0 aromatic heterocycles. The van der Waals surface area contributed by atoms with Gasteiger partial charge in [0.15, 0.2) is 0 Å². The number of hydrogen-bond acceptors (Lipinski definition) is 4. The average molecular weight is 260 g/mol. The predicted octanol–water partition coefficient (Wildman–Crippen LogP) is 1.56. The van der Waals surface area contributed by atoms with E-state index in [-0.39, 0.29) is 18.2 Å². The Hall–Kier alpha value is -1.26. The van der Waals surface area contributed by atoms with Gasteiger partial charge in [-0.1, -0.05) is 12.1 Å². The summed E-state index contributed by atoms with van der Waals surface area (Å²) >= 11 is 0. The summed E-state index contributed by atoms with van der Waals surface area (Å²) in [5, 5.41) is 9.37. The summed E-state index contributed by atoms with van der Waals surface area (Å²) in [5.74, 6) is -0.209. The number of carbonyl (C=O) groups excluding carboxylic acids is 1. The SMILES string of the molecule is COC(=O)[C@@](C)(N)Cc1ccc(O)c(C)c1.Cl. The molecule has 5 heteroatoms. The van der Waals surface area contributed by atoms with Gasteiger partial charge < -0.3 is 15.6 Å². The molecule has 1 aromatic rings. The van der Waals surface area contributed by atoms with Crippen LogP contribution in [0.5, 0.6) is 5.75 Å². The molecule has 0 saturated heterocycles. The number of benzene rings is 1. The van der Waals surface area contributed by atoms with Crippen molar-refractivity contribution in [3.63, 3.8) is 0 Å². The molecule has 0 fully saturated rings. The summed E-state index contributed by atoms with van der Waals surface area (Å²) in [6.07, 6.45) is 0.376. The second kappa shape index (κ2) is 5.89. The average Bonchev–Trinajstić information content (AvgIpc) is 2.22. The van der Waals surface area contributed by atoms with Crippen LogP contribution in [0, 0.1) is 6.92 Å². The first-order valence-electron chi connectivity index (χ1n) is 5.02. The first-order valence-corrected chi connectivity index (χ1v) is 5.02. The topological polar surface area (TPSA) is 72.5 Å². The lowest BCUT2D eigenvalue weighted by molar-refractivity contribution is -0.146. The van der Waals surface area contributed by atoms with Gasteiger partial charge in [0.2, 0.25) is 0 Å². The Bertz CT molecular complexity index is 405. The molecule has 1 aromatic carbocycles. The molecule has 0 aliphatic heterocycles. The highest BCUT2D eigenvalue weighted by Gasteiger charge is 2.29. The van der Waals surface area contributed by atoms with Crippen LogP contribution in [0.3, 0.4) is 0 Å². The smallest absolute Gasteiger partial charge is 0.325 e. The lowest BCUT2D eigenvalue weighted by Gasteiger charge is -2.21. The van der Waals surface area contributed by atoms with Gasteiger partial charge in [0, 0.05) is 6.42 Å². The van der Waals surface area contributed by atoms with E-state index in [0.29, 0.717) is 6.42 Å². The highest BCUT2D eigenvalue weighted by atomic mass is 35.5. The van der Waals surface area contributed by atoms with Crippen molar-refractivity contribution in [2.24, 2.45) is 5.73 Å². The third kappa shape index (κ3) is 3.91. The first kappa shape index (κ1) is 15.7. The van der Waals surface area contributed by atoms with Crippen LogP contribution in [0.1, 0.15) is 18.1 Å². The van der Waals surface area contributed by atoms with E-state index in [9.17, 15) is 9.90 Å². The molecular formula is C12H18ClNO3. The van der Waals surface area contributed by atoms with Crippen LogP contribution in [0.15, 0.2) is 18.2 Å². The Morgan fingerprint density at radius 3 is 2.59 bits per heavy atom. The van der Waals surface area contributed by atoms with Gasteiger partial charge in [-0.05, 0) is 31.0 Å². The van der Waals surface area contributed by atoms with E-state index in [1.807, 2.05) is 6.07 Å². The molecule has 0 heterocycles. The van der Waals surface area contributed by atoms with E-state index < -0.39 is 11.5 Å². The molecule has 0 aliphatic carbocycles. The zero-order valence-electron chi connectivity index (χ0n) is 10.2. The van der Waals surface area contributed by atoms with Crippen molar-refractivity contribution >= 4 is 18.4 Å². The summed E-state index contributed by atoms with van der Waals surface area (Å²) in [7, 11) is 1.31. The predicted molar refractivity (Wildman–Crippen MR) is 68.4 cm³/mol. The van der Waals surface area contributed by atoms with Crippen molar-refractivity contribution in [1.29, 1.82) is 0 Å². The molecule has 0 bridgehead atoms. The highest BCUT2D eigenvalue weighted by Crippen LogP contribution is 2.20. The second-order valence-corrected chi connectivity index (χ2v) is 4.21. The second-order valence-electron chi connectivity index (χ2n) is 4.21. The van der Waals surface area contributed by atoms with Crippen LogP contribution in [0.4, 0.5) is 0 Å². The molecule has 0 spiro atoms. The van der Waals surface area contributed by atoms with Crippen molar-refractivity contribution in [2.75, 3.05) is 7.11 Å². The number of phenolic OH excluding ortho intramolecular Hbond substituents is 1. The van der Waals surface area contributed by atoms with Crippen LogP contribution in [-0.2, 0) is 16.0 Å². The molecule has 0 amide bonds. The number of aryl methyl sites for hydroxylation is 1. The van der Waals surface area contributed by atoms with E-state index in [4.69, 9.17) is 5.73 Å². The Morgan fingerprint density at radius 1 is 1.53 bits per heavy atom. The molecule has 96 valence electrons. The van der Waals surface area contributed by atoms with Gasteiger partial charge in [-0.15, -0.1) is 12.4 Å². The van der Waals surface area contributed by atoms with Crippen LogP contribution in [-0.4, -0.2) is 23.7 Å². The number of esters is 1. The minimum atomic E-state index is -1.04. The van der Waals surface area contributed by atoms with Crippen LogP contribution in [0.25, 0.3) is 0 Å². The highest BCUT2D eigenvalue weighted by molar-refractivity contribution is 5.85. The van der Waals surface area contributed by atoms with Gasteiger partial charge in [0.05, 0.1) is 7.11 Å². The standard InChI is InChI=1S/C12H17NO3.ClH/c1-8-6-9(4-5-10(8)14)7-12(2,13)11(15)16-3;/h4-6,14H,7,13H2,1-3H3;1H/t12-;/m0./s1. The molecule has 0 saturated carbocycles. The number of methoxy groups -OCH3 is 1. The van der Waals surface area contributed by atoms with E-state index in [2.05, 4.69) is 4.74 Å². The molecule has 0 radical (unpaired) electrons. The summed E-state index contributed by atoms with van der Waals surface area (Å²) < 4.78 is 4.63. The van der Waals surface area contributed by atoms with Crippen molar-refractivity contribution < 1.29 is 14.6 Å². The number of rotatable bonds is 3. The lowest BCUT2D eigenvalue weighted by atomic mass is 9.93. The number of ether oxygens (including phenoxy) is 1. The summed E-state index contributed by atoms with van der Waals surface area (Å²) in [5.41, 5.74) is 6.47. The largest absolute Gasteiger partial charge is 0.508 e. The van der Waals surface area contributed by atoms with Crippen LogP contribution < -0.4 is 5.73 Å². The minimum absolute atomic E-state index is 0. The van der Waals surface area contributed by atoms with E-state index >= 15 is 0 Å². The lowest BCUT2D eigenvalue weighted by Crippen LogP contribution is -2.47. The fourth-order valence-electron chi connectivity index (χ4n) is 1.56. The number of halogens is 1. The third-order valence-electron chi connectivity index (χ3n) is 2.48. The van der Waals surface area contributed by atoms with Gasteiger partial charge in [-0.25, -0.2) is 0 Å². The molecule has 0 aliphatic rings. The van der Waals surface area contributed by atoms with Crippen LogP contribution in [0.2, 0.25) is 0 Å². The molecule has 1 atom stereocenters. The maximum atomic E-state index is 11.4. The summed E-state index contributed by atoms with van der Waals surface area (Å²) in [6, 6.07) is 5.15. The Labute approximate surface area is 107 Å². The van der Waals surface area contributed by atoms with Crippen molar-refractivity contribution in [2.45, 2.75) is 25.8 Å². The van der Waals surface area contributed by atoms with Gasteiger partial charge in [-0.3, -0.25) is 4.79 Å². The molecule has 1 rings (SSSR count). The van der Waals surface area contributed by atoms with Crippen molar-refractivity contribution in [3.05, 3.63) is 29.3 Å². The van der Waals surface area contributed by atoms with Crippen molar-refractivity contribution in [3.8, 4) is 5.75 Å². The zero-order chi connectivity index (χ0) is 12.3. The van der Waals surface area contributed by atoms with Gasteiger partial charge >= 0.3 is 5.97 Å². The van der Waals surface area contributed by atoms with Gasteiger partial charge in [0.1, 0.15) is 11.3 Å². The Kier molecular flexibility index (Phi) is 5.45. The molecule has 3 N–H and O–H groups in total. The fraction of sp³-hybridized carbons (Fsp3) is 0.417. The fourth-order valence-corrected chi connectivity index (χ4v) is 1.56. The van der Waals surface area contributed by atoms with Crippen molar-refractivity contribution in [1.82, 2.24) is 0 Å². The minimum Gasteiger partial charge on any atom is -0.508 e. The quantitative estimate of drug-likeness (QED) is 0.808. The van der Waals surface area contributed by atoms with Crippen LogP contribution >= 0.6 is 12.4 Å². The van der Waals surface area contributed by atoms with E-state index in [0.717, 1.165) is 11.1 Å². The maximum absolute atomic E-state index is 11.4. The third-order valence-corrected chi connectivity index (χ3v) is 2.48. The zero-order valence-corrected chi connectivity index (χ0v) is 11.0. The number of nitrogens with two attached hydrogens (primary N) is 1.